The summed E-state index contributed by atoms with van der Waals surface area (Å²) in [5.41, 5.74) is 1.04. The number of hydrogen-bond donors (Lipinski definition) is 1. The van der Waals surface area contributed by atoms with Gasteiger partial charge in [-0.1, -0.05) is 18.5 Å². The zero-order chi connectivity index (χ0) is 11.9. The van der Waals surface area contributed by atoms with Crippen LogP contribution in [0, 0.1) is 0 Å². The second-order valence-electron chi connectivity index (χ2n) is 4.50. The SMILES string of the molecule is CCC1C(=O)NC(C)(C)c2ncc(Cl)nc21. The molecule has 5 heteroatoms. The van der Waals surface area contributed by atoms with Gasteiger partial charge in [0, 0.05) is 0 Å². The molecule has 2 rings (SSSR count). The minimum absolute atomic E-state index is 0.00318. The summed E-state index contributed by atoms with van der Waals surface area (Å²) in [5, 5.41) is 3.28. The van der Waals surface area contributed by atoms with Crippen LogP contribution in [-0.2, 0) is 10.3 Å². The molecule has 0 aliphatic carbocycles. The second-order valence-corrected chi connectivity index (χ2v) is 4.89. The Labute approximate surface area is 99.4 Å². The molecule has 1 atom stereocenters. The minimum Gasteiger partial charge on any atom is -0.345 e. The van der Waals surface area contributed by atoms with Crippen molar-refractivity contribution in [2.75, 3.05) is 0 Å². The van der Waals surface area contributed by atoms with Crippen molar-refractivity contribution >= 4 is 17.5 Å². The molecular weight excluding hydrogens is 226 g/mol. The van der Waals surface area contributed by atoms with E-state index in [4.69, 9.17) is 11.6 Å². The van der Waals surface area contributed by atoms with Crippen LogP contribution in [0.1, 0.15) is 44.5 Å². The summed E-state index contributed by atoms with van der Waals surface area (Å²) in [6, 6.07) is 0. The Morgan fingerprint density at radius 3 is 2.88 bits per heavy atom. The first-order chi connectivity index (χ1) is 7.45. The number of carbonyl (C=O) groups excluding carboxylic acids is 1. The molecule has 0 spiro atoms. The average molecular weight is 240 g/mol. The van der Waals surface area contributed by atoms with Crippen molar-refractivity contribution in [2.24, 2.45) is 0 Å². The highest BCUT2D eigenvalue weighted by Crippen LogP contribution is 2.33. The van der Waals surface area contributed by atoms with Gasteiger partial charge in [0.15, 0.2) is 0 Å². The third-order valence-electron chi connectivity index (χ3n) is 2.85. The maximum atomic E-state index is 11.9. The molecule has 0 fully saturated rings. The van der Waals surface area contributed by atoms with Gasteiger partial charge in [0.05, 0.1) is 29.0 Å². The lowest BCUT2D eigenvalue weighted by Gasteiger charge is -2.35. The van der Waals surface area contributed by atoms with E-state index < -0.39 is 5.54 Å². The molecule has 0 saturated heterocycles. The van der Waals surface area contributed by atoms with Crippen LogP contribution in [0.15, 0.2) is 6.20 Å². The molecule has 0 bridgehead atoms. The van der Waals surface area contributed by atoms with Crippen molar-refractivity contribution in [1.29, 1.82) is 0 Å². The minimum atomic E-state index is -0.477. The van der Waals surface area contributed by atoms with Gasteiger partial charge in [-0.2, -0.15) is 0 Å². The van der Waals surface area contributed by atoms with Crippen molar-refractivity contribution in [2.45, 2.75) is 38.6 Å². The van der Waals surface area contributed by atoms with Crippen molar-refractivity contribution < 1.29 is 4.79 Å². The van der Waals surface area contributed by atoms with Crippen molar-refractivity contribution in [3.8, 4) is 0 Å². The summed E-state index contributed by atoms with van der Waals surface area (Å²) >= 11 is 5.83. The number of halogens is 1. The van der Waals surface area contributed by atoms with E-state index in [2.05, 4.69) is 15.3 Å². The predicted molar refractivity (Wildman–Crippen MR) is 61.2 cm³/mol. The fourth-order valence-electron chi connectivity index (χ4n) is 2.06. The summed E-state index contributed by atoms with van der Waals surface area (Å²) in [7, 11) is 0. The third kappa shape index (κ3) is 1.67. The molecule has 1 aromatic rings. The summed E-state index contributed by atoms with van der Waals surface area (Å²) in [6.45, 7) is 5.78. The molecule has 86 valence electrons. The largest absolute Gasteiger partial charge is 0.345 e. The molecule has 1 unspecified atom stereocenters. The van der Waals surface area contributed by atoms with Crippen LogP contribution in [0.2, 0.25) is 5.15 Å². The number of hydrogen-bond acceptors (Lipinski definition) is 3. The van der Waals surface area contributed by atoms with Gasteiger partial charge < -0.3 is 5.32 Å². The van der Waals surface area contributed by atoms with Crippen LogP contribution in [0.4, 0.5) is 0 Å². The zero-order valence-corrected chi connectivity index (χ0v) is 10.3. The first-order valence-electron chi connectivity index (χ1n) is 5.30. The Bertz CT molecular complexity index is 445. The predicted octanol–water partition coefficient (Wildman–Crippen LogP) is 1.99. The Hall–Kier alpha value is -1.16. The first kappa shape index (κ1) is 11.3. The van der Waals surface area contributed by atoms with Crippen LogP contribution in [0.25, 0.3) is 0 Å². The van der Waals surface area contributed by atoms with Gasteiger partial charge in [0.25, 0.3) is 0 Å². The number of aromatic nitrogens is 2. The summed E-state index contributed by atoms with van der Waals surface area (Å²) in [5.74, 6) is -0.245. The molecule has 0 radical (unpaired) electrons. The molecule has 0 saturated carbocycles. The highest BCUT2D eigenvalue weighted by molar-refractivity contribution is 6.29. The lowest BCUT2D eigenvalue weighted by Crippen LogP contribution is -2.49. The molecular formula is C11H14ClN3O. The summed E-state index contributed by atoms with van der Waals surface area (Å²) < 4.78 is 0. The monoisotopic (exact) mass is 239 g/mol. The van der Waals surface area contributed by atoms with Crippen LogP contribution in [0.5, 0.6) is 0 Å². The van der Waals surface area contributed by atoms with E-state index in [1.807, 2.05) is 20.8 Å². The number of nitrogens with zero attached hydrogens (tertiary/aromatic N) is 2. The lowest BCUT2D eigenvalue weighted by atomic mass is 9.85. The van der Waals surface area contributed by atoms with E-state index in [1.165, 1.54) is 6.20 Å². The molecule has 4 nitrogen and oxygen atoms in total. The van der Waals surface area contributed by atoms with Crippen molar-refractivity contribution in [3.05, 3.63) is 22.7 Å². The van der Waals surface area contributed by atoms with Crippen LogP contribution < -0.4 is 5.32 Å². The number of fused-ring (bicyclic) bond motifs is 1. The van der Waals surface area contributed by atoms with Gasteiger partial charge in [0.2, 0.25) is 5.91 Å². The summed E-state index contributed by atoms with van der Waals surface area (Å²) in [4.78, 5) is 20.4. The van der Waals surface area contributed by atoms with Gasteiger partial charge in [-0.3, -0.25) is 9.78 Å². The normalized spacial score (nSPS) is 22.5. The first-order valence-corrected chi connectivity index (χ1v) is 5.68. The second kappa shape index (κ2) is 3.70. The van der Waals surface area contributed by atoms with Crippen LogP contribution >= 0.6 is 11.6 Å². The number of amides is 1. The van der Waals surface area contributed by atoms with E-state index in [9.17, 15) is 4.79 Å². The number of nitrogens with one attached hydrogen (secondary N) is 1. The van der Waals surface area contributed by atoms with E-state index in [-0.39, 0.29) is 11.8 Å². The molecule has 1 aliphatic rings. The van der Waals surface area contributed by atoms with Crippen LogP contribution in [-0.4, -0.2) is 15.9 Å². The van der Waals surface area contributed by atoms with E-state index in [0.717, 1.165) is 5.69 Å². The Balaban J connectivity index is 2.62. The molecule has 1 N–H and O–H groups in total. The van der Waals surface area contributed by atoms with Gasteiger partial charge in [-0.05, 0) is 20.3 Å². The Morgan fingerprint density at radius 2 is 2.25 bits per heavy atom. The van der Waals surface area contributed by atoms with Gasteiger partial charge in [-0.25, -0.2) is 4.98 Å². The highest BCUT2D eigenvalue weighted by Gasteiger charge is 2.39. The van der Waals surface area contributed by atoms with Crippen molar-refractivity contribution in [3.63, 3.8) is 0 Å². The van der Waals surface area contributed by atoms with Gasteiger partial charge in [-0.15, -0.1) is 0 Å². The van der Waals surface area contributed by atoms with Gasteiger partial charge >= 0.3 is 0 Å². The fourth-order valence-corrected chi connectivity index (χ4v) is 2.20. The molecule has 1 amide bonds. The van der Waals surface area contributed by atoms with E-state index in [0.29, 0.717) is 17.3 Å². The number of carbonyl (C=O) groups is 1. The standard InChI is InChI=1S/C11H14ClN3O/c1-4-6-8-9(13-5-7(12)14-8)11(2,3)15-10(6)16/h5-6H,4H2,1-3H3,(H,15,16). The third-order valence-corrected chi connectivity index (χ3v) is 3.03. The lowest BCUT2D eigenvalue weighted by molar-refractivity contribution is -0.125. The maximum absolute atomic E-state index is 11.9. The smallest absolute Gasteiger partial charge is 0.229 e. The molecule has 16 heavy (non-hydrogen) atoms. The molecule has 1 aliphatic heterocycles. The molecule has 1 aromatic heterocycles. The Morgan fingerprint density at radius 1 is 1.56 bits per heavy atom. The zero-order valence-electron chi connectivity index (χ0n) is 9.54. The fraction of sp³-hybridized carbons (Fsp3) is 0.545. The van der Waals surface area contributed by atoms with Gasteiger partial charge in [0.1, 0.15) is 5.15 Å². The van der Waals surface area contributed by atoms with E-state index >= 15 is 0 Å². The topological polar surface area (TPSA) is 54.9 Å². The number of rotatable bonds is 1. The molecule has 0 aromatic carbocycles. The van der Waals surface area contributed by atoms with Crippen LogP contribution in [0.3, 0.4) is 0 Å². The van der Waals surface area contributed by atoms with Crippen molar-refractivity contribution in [1.82, 2.24) is 15.3 Å². The molecule has 2 heterocycles. The highest BCUT2D eigenvalue weighted by atomic mass is 35.5. The maximum Gasteiger partial charge on any atom is 0.229 e. The average Bonchev–Trinajstić information content (AvgIpc) is 2.16. The summed E-state index contributed by atoms with van der Waals surface area (Å²) in [6.07, 6.45) is 2.22. The quantitative estimate of drug-likeness (QED) is 0.816. The van der Waals surface area contributed by atoms with E-state index in [1.54, 1.807) is 0 Å². The Kier molecular flexibility index (Phi) is 2.62.